The van der Waals surface area contributed by atoms with Gasteiger partial charge in [-0.3, -0.25) is 15.4 Å². The van der Waals surface area contributed by atoms with E-state index in [-0.39, 0.29) is 16.6 Å². The first kappa shape index (κ1) is 19.3. The maximum Gasteiger partial charge on any atom is 0.419 e. The van der Waals surface area contributed by atoms with Crippen LogP contribution in [-0.4, -0.2) is 16.0 Å². The average Bonchev–Trinajstić information content (AvgIpc) is 3.09. The third-order valence-corrected chi connectivity index (χ3v) is 4.17. The summed E-state index contributed by atoms with van der Waals surface area (Å²) in [6.07, 6.45) is -5.55. The number of non-ortho nitro benzene ring substituents is 1. The summed E-state index contributed by atoms with van der Waals surface area (Å²) in [4.78, 5) is 26.2. The lowest BCUT2D eigenvalue weighted by molar-refractivity contribution is -0.384. The molecule has 0 unspecified atom stereocenters. The number of nitrogens with zero attached hydrogens (tertiary/aromatic N) is 2. The van der Waals surface area contributed by atoms with Crippen molar-refractivity contribution in [3.63, 3.8) is 0 Å². The van der Waals surface area contributed by atoms with Crippen LogP contribution < -0.4 is 10.1 Å². The van der Waals surface area contributed by atoms with Gasteiger partial charge in [-0.1, -0.05) is 29.5 Å². The van der Waals surface area contributed by atoms with E-state index >= 15 is 0 Å². The second-order valence-corrected chi connectivity index (χ2v) is 6.22. The van der Waals surface area contributed by atoms with Crippen molar-refractivity contribution in [3.05, 3.63) is 69.6 Å². The lowest BCUT2D eigenvalue weighted by Gasteiger charge is -2.09. The number of carbonyl (C=O) groups is 1. The van der Waals surface area contributed by atoms with Crippen LogP contribution in [0.1, 0.15) is 5.56 Å². The summed E-state index contributed by atoms with van der Waals surface area (Å²) < 4.78 is 43.1. The van der Waals surface area contributed by atoms with Gasteiger partial charge in [0.05, 0.1) is 16.2 Å². The Morgan fingerprint density at radius 3 is 2.64 bits per heavy atom. The minimum atomic E-state index is -4.54. The Bertz CT molecular complexity index is 1040. The van der Waals surface area contributed by atoms with E-state index in [4.69, 9.17) is 4.74 Å². The number of anilines is 1. The van der Waals surface area contributed by atoms with E-state index in [1.165, 1.54) is 29.6 Å². The van der Waals surface area contributed by atoms with Gasteiger partial charge in [-0.05, 0) is 18.2 Å². The molecule has 2 aromatic carbocycles. The van der Waals surface area contributed by atoms with E-state index in [9.17, 15) is 28.1 Å². The Morgan fingerprint density at radius 1 is 1.18 bits per heavy atom. The van der Waals surface area contributed by atoms with Gasteiger partial charge in [-0.25, -0.2) is 9.78 Å². The third kappa shape index (κ3) is 4.62. The Balaban J connectivity index is 1.69. The first-order valence-corrected chi connectivity index (χ1v) is 8.47. The zero-order valence-electron chi connectivity index (χ0n) is 13.8. The zero-order valence-corrected chi connectivity index (χ0v) is 14.6. The summed E-state index contributed by atoms with van der Waals surface area (Å²) in [7, 11) is 0. The molecular weight excluding hydrogens is 399 g/mol. The molecule has 0 bridgehead atoms. The Hall–Kier alpha value is -3.47. The van der Waals surface area contributed by atoms with Crippen LogP contribution in [0.4, 0.5) is 29.3 Å². The number of aromatic nitrogens is 1. The first-order valence-electron chi connectivity index (χ1n) is 7.59. The lowest BCUT2D eigenvalue weighted by atomic mass is 10.1. The van der Waals surface area contributed by atoms with Gasteiger partial charge in [0.25, 0.3) is 10.9 Å². The average molecular weight is 409 g/mol. The minimum absolute atomic E-state index is 0.0639. The van der Waals surface area contributed by atoms with Crippen molar-refractivity contribution in [2.45, 2.75) is 6.18 Å². The van der Waals surface area contributed by atoms with Crippen LogP contribution in [0.2, 0.25) is 0 Å². The Labute approximate surface area is 159 Å². The second kappa shape index (κ2) is 7.64. The highest BCUT2D eigenvalue weighted by molar-refractivity contribution is 7.11. The molecule has 1 amide bonds. The molecule has 3 rings (SSSR count). The van der Waals surface area contributed by atoms with Crippen LogP contribution in [0.5, 0.6) is 5.19 Å². The molecule has 11 heteroatoms. The van der Waals surface area contributed by atoms with Crippen molar-refractivity contribution in [3.8, 4) is 16.5 Å². The number of hydrogen-bond donors (Lipinski definition) is 1. The van der Waals surface area contributed by atoms with E-state index in [1.807, 2.05) is 0 Å². The molecule has 7 nitrogen and oxygen atoms in total. The monoisotopic (exact) mass is 409 g/mol. The molecule has 0 spiro atoms. The molecule has 0 saturated heterocycles. The van der Waals surface area contributed by atoms with Crippen LogP contribution in [0, 0.1) is 10.1 Å². The molecule has 1 heterocycles. The maximum atomic E-state index is 12.7. The zero-order chi connectivity index (χ0) is 20.3. The fourth-order valence-electron chi connectivity index (χ4n) is 2.21. The fraction of sp³-hybridized carbons (Fsp3) is 0.0588. The largest absolute Gasteiger partial charge is 0.419 e. The van der Waals surface area contributed by atoms with Crippen molar-refractivity contribution in [2.24, 2.45) is 0 Å². The van der Waals surface area contributed by atoms with Crippen LogP contribution in [0.15, 0.2) is 53.9 Å². The number of thiazole rings is 1. The molecular formula is C17H10F3N3O4S. The molecule has 0 radical (unpaired) electrons. The molecule has 1 aromatic heterocycles. The number of benzene rings is 2. The molecule has 28 heavy (non-hydrogen) atoms. The van der Waals surface area contributed by atoms with Gasteiger partial charge in [-0.15, -0.1) is 0 Å². The highest BCUT2D eigenvalue weighted by Crippen LogP contribution is 2.31. The van der Waals surface area contributed by atoms with Gasteiger partial charge in [-0.2, -0.15) is 13.2 Å². The number of nitrogens with one attached hydrogen (secondary N) is 1. The van der Waals surface area contributed by atoms with Gasteiger partial charge in [0.2, 0.25) is 0 Å². The number of ether oxygens (including phenoxy) is 1. The number of nitro groups is 1. The summed E-state index contributed by atoms with van der Waals surface area (Å²) in [6.45, 7) is 0. The van der Waals surface area contributed by atoms with Crippen molar-refractivity contribution < 1.29 is 27.6 Å². The van der Waals surface area contributed by atoms with E-state index in [0.717, 1.165) is 29.5 Å². The molecule has 144 valence electrons. The van der Waals surface area contributed by atoms with Crippen LogP contribution in [-0.2, 0) is 6.18 Å². The second-order valence-electron chi connectivity index (χ2n) is 5.40. The third-order valence-electron chi connectivity index (χ3n) is 3.45. The van der Waals surface area contributed by atoms with Crippen molar-refractivity contribution >= 4 is 28.8 Å². The summed E-state index contributed by atoms with van der Waals surface area (Å²) in [5, 5.41) is 14.5. The molecule has 0 fully saturated rings. The number of rotatable bonds is 4. The fourth-order valence-corrected chi connectivity index (χ4v) is 2.89. The summed E-state index contributed by atoms with van der Waals surface area (Å²) in [5.74, 6) is 0. The topological polar surface area (TPSA) is 94.4 Å². The summed E-state index contributed by atoms with van der Waals surface area (Å²) in [5.41, 5.74) is -0.299. The van der Waals surface area contributed by atoms with E-state index in [2.05, 4.69) is 10.3 Å². The Kier molecular flexibility index (Phi) is 5.27. The molecule has 0 saturated carbocycles. The molecule has 1 N–H and O–H groups in total. The summed E-state index contributed by atoms with van der Waals surface area (Å²) >= 11 is 0.961. The van der Waals surface area contributed by atoms with Crippen LogP contribution in [0.3, 0.4) is 0 Å². The van der Waals surface area contributed by atoms with E-state index < -0.39 is 22.8 Å². The highest BCUT2D eigenvalue weighted by atomic mass is 32.1. The number of hydrogen-bond acceptors (Lipinski definition) is 6. The highest BCUT2D eigenvalue weighted by Gasteiger charge is 2.30. The molecule has 0 aliphatic heterocycles. The van der Waals surface area contributed by atoms with Crippen LogP contribution >= 0.6 is 11.3 Å². The molecule has 0 atom stereocenters. The number of alkyl halides is 3. The first-order chi connectivity index (χ1) is 13.2. The van der Waals surface area contributed by atoms with Crippen LogP contribution in [0.25, 0.3) is 11.3 Å². The predicted octanol–water partition coefficient (Wildman–Crippen LogP) is 5.35. The SMILES string of the molecule is O=C(Nc1cccc(C(F)(F)F)c1)Oc1nc(-c2cccc([N+](=O)[O-])c2)cs1. The van der Waals surface area contributed by atoms with E-state index in [0.29, 0.717) is 11.3 Å². The quantitative estimate of drug-likeness (QED) is 0.463. The molecule has 3 aromatic rings. The minimum Gasteiger partial charge on any atom is -0.381 e. The van der Waals surface area contributed by atoms with E-state index in [1.54, 1.807) is 6.07 Å². The Morgan fingerprint density at radius 2 is 1.93 bits per heavy atom. The van der Waals surface area contributed by atoms with Gasteiger partial charge < -0.3 is 4.74 Å². The van der Waals surface area contributed by atoms with Crippen molar-refractivity contribution in [1.29, 1.82) is 0 Å². The number of nitro benzene ring substituents is 1. The van der Waals surface area contributed by atoms with Gasteiger partial charge in [0.15, 0.2) is 0 Å². The normalized spacial score (nSPS) is 11.1. The summed E-state index contributed by atoms with van der Waals surface area (Å²) in [6, 6.07) is 9.84. The van der Waals surface area contributed by atoms with Crippen molar-refractivity contribution in [1.82, 2.24) is 4.98 Å². The molecule has 0 aliphatic rings. The smallest absolute Gasteiger partial charge is 0.381 e. The van der Waals surface area contributed by atoms with Gasteiger partial charge in [0.1, 0.15) is 0 Å². The lowest BCUT2D eigenvalue weighted by Crippen LogP contribution is -2.17. The number of carbonyl (C=O) groups excluding carboxylic acids is 1. The van der Waals surface area contributed by atoms with Gasteiger partial charge in [0, 0.05) is 28.8 Å². The number of halogens is 3. The standard InChI is InChI=1S/C17H10F3N3O4S/c18-17(19,20)11-4-2-5-12(8-11)21-15(24)27-16-22-14(9-28-16)10-3-1-6-13(7-10)23(25)26/h1-9H,(H,21,24). The predicted molar refractivity (Wildman–Crippen MR) is 95.3 cm³/mol. The van der Waals surface area contributed by atoms with Crippen molar-refractivity contribution in [2.75, 3.05) is 5.32 Å². The van der Waals surface area contributed by atoms with Gasteiger partial charge >= 0.3 is 12.3 Å². The molecule has 0 aliphatic carbocycles. The number of amides is 1. The maximum absolute atomic E-state index is 12.7.